The minimum Gasteiger partial charge on any atom is -0.466 e. The van der Waals surface area contributed by atoms with Crippen LogP contribution in [-0.4, -0.2) is 100 Å². The van der Waals surface area contributed by atoms with Crippen molar-refractivity contribution in [2.45, 2.75) is 416 Å². The molecule has 0 aromatic carbocycles. The van der Waals surface area contributed by atoms with Crippen molar-refractivity contribution in [3.63, 3.8) is 0 Å². The lowest BCUT2D eigenvalue weighted by atomic mass is 9.99. The quantitative estimate of drug-likeness (QED) is 0.0195. The average molecular weight is 1200 g/mol. The first kappa shape index (κ1) is 81.2. The molecule has 1 rings (SSSR count). The first-order chi connectivity index (χ1) is 41.7. The van der Waals surface area contributed by atoms with Gasteiger partial charge in [0.15, 0.2) is 6.29 Å². The molecule has 0 aromatic rings. The Hall–Kier alpha value is -1.86. The second-order valence-corrected chi connectivity index (χ2v) is 26.0. The highest BCUT2D eigenvalue weighted by atomic mass is 16.7. The number of carbonyl (C=O) groups is 2. The molecule has 1 amide bonds. The molecule has 0 spiro atoms. The van der Waals surface area contributed by atoms with Gasteiger partial charge in [0.25, 0.3) is 0 Å². The second kappa shape index (κ2) is 63.7. The molecule has 6 N–H and O–H groups in total. The molecule has 1 fully saturated rings. The van der Waals surface area contributed by atoms with Crippen molar-refractivity contribution < 1.29 is 49.3 Å². The van der Waals surface area contributed by atoms with Crippen molar-refractivity contribution >= 4 is 11.9 Å². The highest BCUT2D eigenvalue weighted by Gasteiger charge is 2.44. The van der Waals surface area contributed by atoms with Gasteiger partial charge in [0.05, 0.1) is 32.0 Å². The number of esters is 1. The van der Waals surface area contributed by atoms with Crippen molar-refractivity contribution in [2.24, 2.45) is 0 Å². The standard InChI is InChI=1S/C74H141NO10/c1-3-5-7-9-11-13-14-15-16-17-29-33-36-39-42-46-50-54-58-62-70(79)83-63-59-55-51-47-43-40-37-34-31-28-26-24-22-20-18-19-21-23-25-27-30-32-35-38-41-45-49-53-57-61-69(78)75-66(67(77)60-56-52-48-44-12-10-8-6-4-2)65-84-74-73(82)72(81)71(80)68(64-76)85-74/h18,20,56,60,66-68,71-74,76-77,80-82H,3-17,19,21-55,57-59,61-65H2,1-2H3,(H,75,78)/b20-18-,60-56+. The lowest BCUT2D eigenvalue weighted by Gasteiger charge is -2.40. The van der Waals surface area contributed by atoms with Crippen molar-refractivity contribution in [1.82, 2.24) is 5.32 Å². The molecule has 0 saturated carbocycles. The fraction of sp³-hybridized carbons (Fsp3) is 0.919. The molecule has 85 heavy (non-hydrogen) atoms. The third-order valence-corrected chi connectivity index (χ3v) is 17.8. The van der Waals surface area contributed by atoms with Gasteiger partial charge in [-0.15, -0.1) is 0 Å². The zero-order chi connectivity index (χ0) is 61.6. The average Bonchev–Trinajstić information content (AvgIpc) is 3.66. The number of carbonyl (C=O) groups excluding carboxylic acids is 2. The van der Waals surface area contributed by atoms with E-state index in [0.717, 1.165) is 51.4 Å². The second-order valence-electron chi connectivity index (χ2n) is 26.0. The lowest BCUT2D eigenvalue weighted by Crippen LogP contribution is -2.60. The number of unbranched alkanes of at least 4 members (excludes halogenated alkanes) is 50. The van der Waals surface area contributed by atoms with E-state index in [4.69, 9.17) is 14.2 Å². The van der Waals surface area contributed by atoms with Gasteiger partial charge in [-0.2, -0.15) is 0 Å². The first-order valence-electron chi connectivity index (χ1n) is 37.1. The molecular weight excluding hydrogens is 1060 g/mol. The zero-order valence-electron chi connectivity index (χ0n) is 55.8. The first-order valence-corrected chi connectivity index (χ1v) is 37.1. The Balaban J connectivity index is 1.89. The van der Waals surface area contributed by atoms with Gasteiger partial charge in [0, 0.05) is 12.8 Å². The summed E-state index contributed by atoms with van der Waals surface area (Å²) >= 11 is 0. The van der Waals surface area contributed by atoms with Crippen LogP contribution >= 0.6 is 0 Å². The van der Waals surface area contributed by atoms with Crippen LogP contribution in [0.15, 0.2) is 24.3 Å². The van der Waals surface area contributed by atoms with Gasteiger partial charge in [-0.05, 0) is 57.8 Å². The summed E-state index contributed by atoms with van der Waals surface area (Å²) in [5.41, 5.74) is 0. The van der Waals surface area contributed by atoms with Gasteiger partial charge < -0.3 is 45.1 Å². The third-order valence-electron chi connectivity index (χ3n) is 17.8. The number of ether oxygens (including phenoxy) is 3. The summed E-state index contributed by atoms with van der Waals surface area (Å²) in [5, 5.41) is 54.3. The lowest BCUT2D eigenvalue weighted by molar-refractivity contribution is -0.302. The van der Waals surface area contributed by atoms with Gasteiger partial charge in [-0.25, -0.2) is 0 Å². The minimum atomic E-state index is -1.57. The van der Waals surface area contributed by atoms with Crippen LogP contribution in [-0.2, 0) is 23.8 Å². The maximum absolute atomic E-state index is 13.0. The predicted octanol–water partition coefficient (Wildman–Crippen LogP) is 19.2. The molecule has 1 heterocycles. The zero-order valence-corrected chi connectivity index (χ0v) is 55.8. The Morgan fingerprint density at radius 1 is 0.424 bits per heavy atom. The fourth-order valence-electron chi connectivity index (χ4n) is 12.0. The molecule has 1 saturated heterocycles. The Kier molecular flexibility index (Phi) is 60.8. The summed E-state index contributed by atoms with van der Waals surface area (Å²) in [6.45, 7) is 4.36. The number of amides is 1. The van der Waals surface area contributed by atoms with Crippen molar-refractivity contribution in [3.8, 4) is 0 Å². The van der Waals surface area contributed by atoms with E-state index in [1.807, 2.05) is 6.08 Å². The van der Waals surface area contributed by atoms with E-state index in [-0.39, 0.29) is 18.5 Å². The molecular formula is C74H141NO10. The molecule has 7 unspecified atom stereocenters. The van der Waals surface area contributed by atoms with Gasteiger partial charge in [0.1, 0.15) is 24.4 Å². The predicted molar refractivity (Wildman–Crippen MR) is 357 cm³/mol. The van der Waals surface area contributed by atoms with E-state index in [0.29, 0.717) is 19.4 Å². The molecule has 0 aliphatic carbocycles. The number of hydrogen-bond donors (Lipinski definition) is 6. The largest absolute Gasteiger partial charge is 0.466 e. The van der Waals surface area contributed by atoms with E-state index < -0.39 is 49.5 Å². The third kappa shape index (κ3) is 52.6. The molecule has 1 aliphatic rings. The molecule has 1 aliphatic heterocycles. The van der Waals surface area contributed by atoms with Gasteiger partial charge in [-0.3, -0.25) is 9.59 Å². The molecule has 7 atom stereocenters. The number of allylic oxidation sites excluding steroid dienone is 3. The number of aliphatic hydroxyl groups excluding tert-OH is 5. The molecule has 0 radical (unpaired) electrons. The van der Waals surface area contributed by atoms with E-state index >= 15 is 0 Å². The Labute approximate surface area is 524 Å². The summed E-state index contributed by atoms with van der Waals surface area (Å²) in [4.78, 5) is 25.2. The van der Waals surface area contributed by atoms with Crippen LogP contribution in [0.4, 0.5) is 0 Å². The maximum atomic E-state index is 13.0. The molecule has 0 bridgehead atoms. The monoisotopic (exact) mass is 1200 g/mol. The minimum absolute atomic E-state index is 0.0133. The highest BCUT2D eigenvalue weighted by Crippen LogP contribution is 2.24. The number of hydrogen-bond acceptors (Lipinski definition) is 10. The van der Waals surface area contributed by atoms with Crippen LogP contribution in [0.1, 0.15) is 373 Å². The molecule has 502 valence electrons. The summed E-state index contributed by atoms with van der Waals surface area (Å²) in [6.07, 6.45) is 70.6. The maximum Gasteiger partial charge on any atom is 0.305 e. The van der Waals surface area contributed by atoms with Crippen LogP contribution in [0.2, 0.25) is 0 Å². The summed E-state index contributed by atoms with van der Waals surface area (Å²) in [6, 6.07) is -0.808. The Morgan fingerprint density at radius 2 is 0.753 bits per heavy atom. The Bertz CT molecular complexity index is 1460. The van der Waals surface area contributed by atoms with Crippen molar-refractivity contribution in [1.29, 1.82) is 0 Å². The van der Waals surface area contributed by atoms with Crippen LogP contribution in [0.3, 0.4) is 0 Å². The van der Waals surface area contributed by atoms with Gasteiger partial charge in [-0.1, -0.05) is 327 Å². The highest BCUT2D eigenvalue weighted by molar-refractivity contribution is 5.76. The van der Waals surface area contributed by atoms with E-state index in [9.17, 15) is 35.1 Å². The molecule has 0 aromatic heterocycles. The van der Waals surface area contributed by atoms with Crippen LogP contribution in [0.5, 0.6) is 0 Å². The van der Waals surface area contributed by atoms with Crippen molar-refractivity contribution in [3.05, 3.63) is 24.3 Å². The van der Waals surface area contributed by atoms with E-state index in [2.05, 4.69) is 31.3 Å². The van der Waals surface area contributed by atoms with Crippen molar-refractivity contribution in [2.75, 3.05) is 19.8 Å². The summed E-state index contributed by atoms with van der Waals surface area (Å²) in [7, 11) is 0. The number of aliphatic hydroxyl groups is 5. The number of nitrogens with one attached hydrogen (secondary N) is 1. The fourth-order valence-corrected chi connectivity index (χ4v) is 12.0. The van der Waals surface area contributed by atoms with Crippen LogP contribution < -0.4 is 5.32 Å². The molecule has 11 nitrogen and oxygen atoms in total. The van der Waals surface area contributed by atoms with Gasteiger partial charge >= 0.3 is 5.97 Å². The summed E-state index contributed by atoms with van der Waals surface area (Å²) in [5.74, 6) is -0.168. The van der Waals surface area contributed by atoms with E-state index in [1.165, 1.54) is 295 Å². The SMILES string of the molecule is CCCCCCCCC/C=C/C(O)C(COC1OC(CO)C(O)C(O)C1O)NC(=O)CCCCCCCCCCCCCCC/C=C\CCCCCCCCCCCCCCOC(=O)CCCCCCCCCCCCCCCCCCCCC. The number of rotatable bonds is 66. The topological polar surface area (TPSA) is 175 Å². The van der Waals surface area contributed by atoms with E-state index in [1.54, 1.807) is 6.08 Å². The molecule has 11 heteroatoms. The Morgan fingerprint density at radius 3 is 1.13 bits per heavy atom. The smallest absolute Gasteiger partial charge is 0.305 e. The normalized spacial score (nSPS) is 18.0. The van der Waals surface area contributed by atoms with Crippen LogP contribution in [0, 0.1) is 0 Å². The van der Waals surface area contributed by atoms with Gasteiger partial charge in [0.2, 0.25) is 5.91 Å². The van der Waals surface area contributed by atoms with Crippen LogP contribution in [0.25, 0.3) is 0 Å². The summed E-state index contributed by atoms with van der Waals surface area (Å²) < 4.78 is 16.7.